The molecule has 7 nitrogen and oxygen atoms in total. The standard InChI is InChI=1S/C12H16N6OS/c1-4-14-10-16-11(19-8(2)3)18-12(17-10)20-9-5-6-13-7-15-9/h5-8H,4H2,1-3H3,(H,14,16,17,18). The molecule has 2 rings (SSSR count). The van der Waals surface area contributed by atoms with Gasteiger partial charge < -0.3 is 10.1 Å². The summed E-state index contributed by atoms with van der Waals surface area (Å²) in [5.41, 5.74) is 0. The molecule has 0 aliphatic carbocycles. The van der Waals surface area contributed by atoms with E-state index < -0.39 is 0 Å². The van der Waals surface area contributed by atoms with Crippen LogP contribution in [0.5, 0.6) is 6.01 Å². The minimum absolute atomic E-state index is 0.00350. The van der Waals surface area contributed by atoms with Crippen molar-refractivity contribution < 1.29 is 4.74 Å². The Morgan fingerprint density at radius 2 is 2.15 bits per heavy atom. The summed E-state index contributed by atoms with van der Waals surface area (Å²) in [7, 11) is 0. The number of aromatic nitrogens is 5. The van der Waals surface area contributed by atoms with Crippen LogP contribution in [0.4, 0.5) is 5.95 Å². The van der Waals surface area contributed by atoms with Gasteiger partial charge in [0.2, 0.25) is 11.1 Å². The Kier molecular flexibility index (Phi) is 5.05. The first-order valence-corrected chi connectivity index (χ1v) is 7.09. The van der Waals surface area contributed by atoms with Gasteiger partial charge in [0.05, 0.1) is 6.10 Å². The minimum atomic E-state index is 0.00350. The largest absolute Gasteiger partial charge is 0.461 e. The van der Waals surface area contributed by atoms with Crippen LogP contribution < -0.4 is 10.1 Å². The number of nitrogens with zero attached hydrogens (tertiary/aromatic N) is 5. The van der Waals surface area contributed by atoms with Crippen molar-refractivity contribution in [3.8, 4) is 6.01 Å². The van der Waals surface area contributed by atoms with Gasteiger partial charge in [-0.2, -0.15) is 15.0 Å². The van der Waals surface area contributed by atoms with E-state index in [0.717, 1.165) is 11.6 Å². The molecular weight excluding hydrogens is 276 g/mol. The Labute approximate surface area is 121 Å². The van der Waals surface area contributed by atoms with E-state index in [4.69, 9.17) is 4.74 Å². The summed E-state index contributed by atoms with van der Waals surface area (Å²) in [6.45, 7) is 6.55. The van der Waals surface area contributed by atoms with Gasteiger partial charge in [0.25, 0.3) is 0 Å². The normalized spacial score (nSPS) is 10.6. The predicted octanol–water partition coefficient (Wildman–Crippen LogP) is 2.03. The number of ether oxygens (including phenoxy) is 1. The van der Waals surface area contributed by atoms with Crippen molar-refractivity contribution in [3.63, 3.8) is 0 Å². The Morgan fingerprint density at radius 1 is 1.30 bits per heavy atom. The molecule has 0 radical (unpaired) electrons. The molecule has 0 aliphatic rings. The molecule has 2 heterocycles. The number of nitrogens with one attached hydrogen (secondary N) is 1. The Balaban J connectivity index is 2.24. The average molecular weight is 292 g/mol. The van der Waals surface area contributed by atoms with Crippen molar-refractivity contribution in [2.24, 2.45) is 0 Å². The number of anilines is 1. The molecule has 0 aromatic carbocycles. The molecule has 0 aliphatic heterocycles. The first-order chi connectivity index (χ1) is 9.67. The second-order valence-corrected chi connectivity index (χ2v) is 5.06. The summed E-state index contributed by atoms with van der Waals surface area (Å²) in [5.74, 6) is 0.495. The van der Waals surface area contributed by atoms with Crippen LogP contribution in [-0.2, 0) is 0 Å². The Hall–Kier alpha value is -1.96. The second kappa shape index (κ2) is 6.99. The quantitative estimate of drug-likeness (QED) is 0.809. The first kappa shape index (κ1) is 14.4. The highest BCUT2D eigenvalue weighted by atomic mass is 32.2. The maximum atomic E-state index is 5.53. The van der Waals surface area contributed by atoms with Crippen LogP contribution in [0, 0.1) is 0 Å². The van der Waals surface area contributed by atoms with Gasteiger partial charge in [-0.25, -0.2) is 9.97 Å². The maximum absolute atomic E-state index is 5.53. The molecule has 0 saturated heterocycles. The fraction of sp³-hybridized carbons (Fsp3) is 0.417. The van der Waals surface area contributed by atoms with E-state index >= 15 is 0 Å². The van der Waals surface area contributed by atoms with Crippen LogP contribution in [0.15, 0.2) is 28.8 Å². The van der Waals surface area contributed by atoms with Gasteiger partial charge in [0.1, 0.15) is 11.4 Å². The summed E-state index contributed by atoms with van der Waals surface area (Å²) < 4.78 is 5.53. The molecule has 0 fully saturated rings. The van der Waals surface area contributed by atoms with Gasteiger partial charge in [-0.05, 0) is 38.6 Å². The van der Waals surface area contributed by atoms with Gasteiger partial charge >= 0.3 is 6.01 Å². The second-order valence-electron chi connectivity index (χ2n) is 4.07. The van der Waals surface area contributed by atoms with Crippen molar-refractivity contribution >= 4 is 17.7 Å². The molecule has 0 amide bonds. The van der Waals surface area contributed by atoms with Crippen molar-refractivity contribution in [1.29, 1.82) is 0 Å². The Morgan fingerprint density at radius 3 is 2.80 bits per heavy atom. The summed E-state index contributed by atoms with van der Waals surface area (Å²) in [4.78, 5) is 20.8. The van der Waals surface area contributed by atoms with Gasteiger partial charge in [-0.3, -0.25) is 0 Å². The van der Waals surface area contributed by atoms with E-state index in [1.165, 1.54) is 18.1 Å². The lowest BCUT2D eigenvalue weighted by molar-refractivity contribution is 0.219. The van der Waals surface area contributed by atoms with E-state index in [9.17, 15) is 0 Å². The third-order valence-corrected chi connectivity index (χ3v) is 2.84. The molecule has 106 valence electrons. The van der Waals surface area contributed by atoms with E-state index in [2.05, 4.69) is 30.2 Å². The summed E-state index contributed by atoms with van der Waals surface area (Å²) in [6, 6.07) is 2.10. The monoisotopic (exact) mass is 292 g/mol. The lowest BCUT2D eigenvalue weighted by atomic mass is 10.5. The molecule has 0 atom stereocenters. The van der Waals surface area contributed by atoms with Crippen LogP contribution in [-0.4, -0.2) is 37.6 Å². The lowest BCUT2D eigenvalue weighted by Gasteiger charge is -2.10. The van der Waals surface area contributed by atoms with Crippen LogP contribution >= 0.6 is 11.8 Å². The van der Waals surface area contributed by atoms with Crippen LogP contribution in [0.25, 0.3) is 0 Å². The molecular formula is C12H16N6OS. The molecule has 0 saturated carbocycles. The van der Waals surface area contributed by atoms with E-state index in [1.54, 1.807) is 12.3 Å². The molecule has 0 spiro atoms. The fourth-order valence-electron chi connectivity index (χ4n) is 1.32. The van der Waals surface area contributed by atoms with Crippen molar-refractivity contribution in [3.05, 3.63) is 18.6 Å². The lowest BCUT2D eigenvalue weighted by Crippen LogP contribution is -2.11. The SMILES string of the molecule is CCNc1nc(OC(C)C)nc(Sc2ccncn2)n1. The highest BCUT2D eigenvalue weighted by Crippen LogP contribution is 2.24. The zero-order valence-corrected chi connectivity index (χ0v) is 12.4. The molecule has 8 heteroatoms. The molecule has 0 unspecified atom stereocenters. The van der Waals surface area contributed by atoms with Gasteiger partial charge in [-0.15, -0.1) is 0 Å². The smallest absolute Gasteiger partial charge is 0.322 e. The Bertz CT molecular complexity index is 551. The highest BCUT2D eigenvalue weighted by molar-refractivity contribution is 7.99. The van der Waals surface area contributed by atoms with E-state index in [-0.39, 0.29) is 6.10 Å². The molecule has 0 bridgehead atoms. The number of hydrogen-bond acceptors (Lipinski definition) is 8. The number of rotatable bonds is 6. The molecule has 2 aromatic heterocycles. The summed E-state index contributed by atoms with van der Waals surface area (Å²) in [6.07, 6.45) is 3.16. The molecule has 2 aromatic rings. The third-order valence-electron chi connectivity index (χ3n) is 2.02. The van der Waals surface area contributed by atoms with Gasteiger partial charge in [0.15, 0.2) is 0 Å². The third kappa shape index (κ3) is 4.30. The van der Waals surface area contributed by atoms with Crippen LogP contribution in [0.3, 0.4) is 0 Å². The fourth-order valence-corrected chi connectivity index (χ4v) is 1.99. The minimum Gasteiger partial charge on any atom is -0.461 e. The van der Waals surface area contributed by atoms with Crippen LogP contribution in [0.2, 0.25) is 0 Å². The maximum Gasteiger partial charge on any atom is 0.322 e. The summed E-state index contributed by atoms with van der Waals surface area (Å²) in [5, 5.41) is 4.36. The van der Waals surface area contributed by atoms with Crippen LogP contribution in [0.1, 0.15) is 20.8 Å². The predicted molar refractivity (Wildman–Crippen MR) is 75.9 cm³/mol. The zero-order chi connectivity index (χ0) is 14.4. The topological polar surface area (TPSA) is 85.7 Å². The van der Waals surface area contributed by atoms with E-state index in [1.807, 2.05) is 20.8 Å². The first-order valence-electron chi connectivity index (χ1n) is 6.28. The zero-order valence-electron chi connectivity index (χ0n) is 11.6. The average Bonchev–Trinajstić information content (AvgIpc) is 2.39. The molecule has 20 heavy (non-hydrogen) atoms. The van der Waals surface area contributed by atoms with E-state index in [0.29, 0.717) is 17.1 Å². The number of hydrogen-bond donors (Lipinski definition) is 1. The van der Waals surface area contributed by atoms with Crippen molar-refractivity contribution in [1.82, 2.24) is 24.9 Å². The molecule has 1 N–H and O–H groups in total. The van der Waals surface area contributed by atoms with Crippen molar-refractivity contribution in [2.75, 3.05) is 11.9 Å². The highest BCUT2D eigenvalue weighted by Gasteiger charge is 2.10. The van der Waals surface area contributed by atoms with Crippen molar-refractivity contribution in [2.45, 2.75) is 37.1 Å². The summed E-state index contributed by atoms with van der Waals surface area (Å²) >= 11 is 1.34. The van der Waals surface area contributed by atoms with Gasteiger partial charge in [0, 0.05) is 12.7 Å². The van der Waals surface area contributed by atoms with Gasteiger partial charge in [-0.1, -0.05) is 0 Å².